The third-order valence-corrected chi connectivity index (χ3v) is 4.75. The zero-order valence-corrected chi connectivity index (χ0v) is 12.4. The standard InChI is InChI=1S/C16H21NO3/c1-16-7-4-5-15(18)17(16)8-6-11-9-13(19-2)14(20-3)10-12(11)16/h9-10H,4-8H2,1-3H3. The maximum atomic E-state index is 12.2. The molecule has 4 nitrogen and oxygen atoms in total. The first kappa shape index (κ1) is 13.3. The Morgan fingerprint density at radius 2 is 1.85 bits per heavy atom. The van der Waals surface area contributed by atoms with Crippen LogP contribution in [0.3, 0.4) is 0 Å². The lowest BCUT2D eigenvalue weighted by Crippen LogP contribution is -2.54. The van der Waals surface area contributed by atoms with Crippen molar-refractivity contribution in [1.82, 2.24) is 4.90 Å². The Labute approximate surface area is 119 Å². The molecular weight excluding hydrogens is 254 g/mol. The number of methoxy groups -OCH3 is 2. The van der Waals surface area contributed by atoms with Crippen LogP contribution >= 0.6 is 0 Å². The summed E-state index contributed by atoms with van der Waals surface area (Å²) in [4.78, 5) is 14.2. The predicted octanol–water partition coefficient (Wildman–Crippen LogP) is 2.49. The third-order valence-electron chi connectivity index (χ3n) is 4.75. The molecular formula is C16H21NO3. The maximum absolute atomic E-state index is 12.2. The smallest absolute Gasteiger partial charge is 0.223 e. The van der Waals surface area contributed by atoms with Gasteiger partial charge in [-0.05, 0) is 49.4 Å². The molecule has 2 aliphatic rings. The van der Waals surface area contributed by atoms with Crippen molar-refractivity contribution in [2.75, 3.05) is 20.8 Å². The van der Waals surface area contributed by atoms with Crippen LogP contribution in [0.2, 0.25) is 0 Å². The molecule has 3 rings (SSSR count). The molecule has 2 heterocycles. The number of nitrogens with zero attached hydrogens (tertiary/aromatic N) is 1. The molecule has 0 aromatic heterocycles. The predicted molar refractivity (Wildman–Crippen MR) is 76.2 cm³/mol. The number of hydrogen-bond acceptors (Lipinski definition) is 3. The van der Waals surface area contributed by atoms with Gasteiger partial charge < -0.3 is 14.4 Å². The first-order valence-corrected chi connectivity index (χ1v) is 7.16. The molecule has 1 aromatic carbocycles. The van der Waals surface area contributed by atoms with Crippen molar-refractivity contribution >= 4 is 5.91 Å². The monoisotopic (exact) mass is 275 g/mol. The minimum absolute atomic E-state index is 0.192. The second kappa shape index (κ2) is 4.69. The number of amides is 1. The van der Waals surface area contributed by atoms with Crippen molar-refractivity contribution < 1.29 is 14.3 Å². The zero-order valence-electron chi connectivity index (χ0n) is 12.4. The molecule has 1 unspecified atom stereocenters. The van der Waals surface area contributed by atoms with Gasteiger partial charge in [0, 0.05) is 13.0 Å². The molecule has 0 N–H and O–H groups in total. The van der Waals surface area contributed by atoms with E-state index in [1.807, 2.05) is 4.90 Å². The third kappa shape index (κ3) is 1.78. The summed E-state index contributed by atoms with van der Waals surface area (Å²) in [5, 5.41) is 0. The Morgan fingerprint density at radius 3 is 2.55 bits per heavy atom. The average Bonchev–Trinajstić information content (AvgIpc) is 2.45. The molecule has 4 heteroatoms. The Balaban J connectivity index is 2.13. The second-order valence-electron chi connectivity index (χ2n) is 5.79. The summed E-state index contributed by atoms with van der Waals surface area (Å²) in [6, 6.07) is 4.12. The van der Waals surface area contributed by atoms with Crippen molar-refractivity contribution in [3.63, 3.8) is 0 Å². The number of hydrogen-bond donors (Lipinski definition) is 0. The van der Waals surface area contributed by atoms with Crippen molar-refractivity contribution in [3.05, 3.63) is 23.3 Å². The average molecular weight is 275 g/mol. The summed E-state index contributed by atoms with van der Waals surface area (Å²) in [5.74, 6) is 1.79. The van der Waals surface area contributed by atoms with Gasteiger partial charge in [-0.1, -0.05) is 0 Å². The maximum Gasteiger partial charge on any atom is 0.223 e. The van der Waals surface area contributed by atoms with E-state index in [1.165, 1.54) is 11.1 Å². The lowest BCUT2D eigenvalue weighted by molar-refractivity contribution is -0.142. The topological polar surface area (TPSA) is 38.8 Å². The van der Waals surface area contributed by atoms with E-state index in [0.29, 0.717) is 6.42 Å². The number of rotatable bonds is 2. The summed E-state index contributed by atoms with van der Waals surface area (Å²) in [6.07, 6.45) is 3.54. The summed E-state index contributed by atoms with van der Waals surface area (Å²) < 4.78 is 10.8. The lowest BCUT2D eigenvalue weighted by Gasteiger charge is -2.49. The Hall–Kier alpha value is -1.71. The van der Waals surface area contributed by atoms with Gasteiger partial charge in [0.15, 0.2) is 11.5 Å². The zero-order chi connectivity index (χ0) is 14.3. The van der Waals surface area contributed by atoms with Crippen LogP contribution in [0.5, 0.6) is 11.5 Å². The van der Waals surface area contributed by atoms with Crippen LogP contribution in [-0.4, -0.2) is 31.6 Å². The van der Waals surface area contributed by atoms with Crippen molar-refractivity contribution in [2.45, 2.75) is 38.1 Å². The van der Waals surface area contributed by atoms with Gasteiger partial charge in [-0.25, -0.2) is 0 Å². The molecule has 20 heavy (non-hydrogen) atoms. The summed E-state index contributed by atoms with van der Waals surface area (Å²) in [5.41, 5.74) is 2.30. The van der Waals surface area contributed by atoms with Gasteiger partial charge in [0.1, 0.15) is 0 Å². The normalized spacial score (nSPS) is 24.9. The van der Waals surface area contributed by atoms with E-state index in [1.54, 1.807) is 14.2 Å². The number of ether oxygens (including phenoxy) is 2. The number of piperidine rings is 1. The molecule has 0 radical (unpaired) electrons. The fourth-order valence-electron chi connectivity index (χ4n) is 3.64. The molecule has 1 atom stereocenters. The van der Waals surface area contributed by atoms with Crippen LogP contribution in [0.1, 0.15) is 37.3 Å². The van der Waals surface area contributed by atoms with Gasteiger partial charge in [-0.2, -0.15) is 0 Å². The summed E-state index contributed by atoms with van der Waals surface area (Å²) in [7, 11) is 3.31. The molecule has 1 amide bonds. The fraction of sp³-hybridized carbons (Fsp3) is 0.562. The van der Waals surface area contributed by atoms with Gasteiger partial charge in [0.05, 0.1) is 19.8 Å². The molecule has 0 saturated carbocycles. The molecule has 0 aliphatic carbocycles. The molecule has 1 saturated heterocycles. The number of carbonyl (C=O) groups is 1. The Bertz CT molecular complexity index is 555. The van der Waals surface area contributed by atoms with Gasteiger partial charge in [0.25, 0.3) is 0 Å². The number of benzene rings is 1. The van der Waals surface area contributed by atoms with E-state index in [2.05, 4.69) is 19.1 Å². The Kier molecular flexibility index (Phi) is 3.11. The highest BCUT2D eigenvalue weighted by atomic mass is 16.5. The summed E-state index contributed by atoms with van der Waals surface area (Å²) >= 11 is 0. The van der Waals surface area contributed by atoms with Crippen LogP contribution < -0.4 is 9.47 Å². The summed E-state index contributed by atoms with van der Waals surface area (Å²) in [6.45, 7) is 2.98. The Morgan fingerprint density at radius 1 is 1.15 bits per heavy atom. The quantitative estimate of drug-likeness (QED) is 0.832. The van der Waals surface area contributed by atoms with Crippen LogP contribution in [0.4, 0.5) is 0 Å². The largest absolute Gasteiger partial charge is 0.493 e. The van der Waals surface area contributed by atoms with E-state index in [4.69, 9.17) is 9.47 Å². The van der Waals surface area contributed by atoms with Crippen LogP contribution in [-0.2, 0) is 16.8 Å². The van der Waals surface area contributed by atoms with E-state index in [-0.39, 0.29) is 11.4 Å². The van der Waals surface area contributed by atoms with Gasteiger partial charge in [-0.3, -0.25) is 4.79 Å². The molecule has 1 fully saturated rings. The molecule has 0 spiro atoms. The van der Waals surface area contributed by atoms with E-state index in [9.17, 15) is 4.79 Å². The fourth-order valence-corrected chi connectivity index (χ4v) is 3.64. The first-order chi connectivity index (χ1) is 9.60. The molecule has 108 valence electrons. The minimum Gasteiger partial charge on any atom is -0.493 e. The van der Waals surface area contributed by atoms with Gasteiger partial charge in [-0.15, -0.1) is 0 Å². The highest BCUT2D eigenvalue weighted by Crippen LogP contribution is 2.45. The van der Waals surface area contributed by atoms with Crippen LogP contribution in [0, 0.1) is 0 Å². The minimum atomic E-state index is -0.192. The van der Waals surface area contributed by atoms with E-state index >= 15 is 0 Å². The van der Waals surface area contributed by atoms with Crippen molar-refractivity contribution in [1.29, 1.82) is 0 Å². The van der Waals surface area contributed by atoms with Gasteiger partial charge >= 0.3 is 0 Å². The molecule has 1 aromatic rings. The highest BCUT2D eigenvalue weighted by Gasteiger charge is 2.43. The second-order valence-corrected chi connectivity index (χ2v) is 5.79. The SMILES string of the molecule is COc1cc2c(cc1OC)C1(C)CCCC(=O)N1CC2. The van der Waals surface area contributed by atoms with Crippen LogP contribution in [0.15, 0.2) is 12.1 Å². The lowest BCUT2D eigenvalue weighted by atomic mass is 9.76. The molecule has 2 aliphatic heterocycles. The van der Waals surface area contributed by atoms with Crippen molar-refractivity contribution in [2.24, 2.45) is 0 Å². The van der Waals surface area contributed by atoms with E-state index in [0.717, 1.165) is 37.3 Å². The molecule has 0 bridgehead atoms. The first-order valence-electron chi connectivity index (χ1n) is 7.16. The number of fused-ring (bicyclic) bond motifs is 3. The number of carbonyl (C=O) groups excluding carboxylic acids is 1. The van der Waals surface area contributed by atoms with Crippen molar-refractivity contribution in [3.8, 4) is 11.5 Å². The van der Waals surface area contributed by atoms with Gasteiger partial charge in [0.2, 0.25) is 5.91 Å². The highest BCUT2D eigenvalue weighted by molar-refractivity contribution is 5.79. The van der Waals surface area contributed by atoms with Crippen LogP contribution in [0.25, 0.3) is 0 Å². The van der Waals surface area contributed by atoms with E-state index < -0.39 is 0 Å².